The highest BCUT2D eigenvalue weighted by atomic mass is 35.5. The second kappa shape index (κ2) is 7.63. The van der Waals surface area contributed by atoms with Gasteiger partial charge in [0.1, 0.15) is 5.82 Å². The number of rotatable bonds is 3. The van der Waals surface area contributed by atoms with Crippen molar-refractivity contribution in [3.63, 3.8) is 0 Å². The summed E-state index contributed by atoms with van der Waals surface area (Å²) in [6.07, 6.45) is 8.51. The van der Waals surface area contributed by atoms with E-state index in [1.165, 1.54) is 17.7 Å². The normalized spacial score (nSPS) is 16.6. The molecule has 0 bridgehead atoms. The van der Waals surface area contributed by atoms with Gasteiger partial charge in [0, 0.05) is 28.4 Å². The zero-order valence-electron chi connectivity index (χ0n) is 16.1. The van der Waals surface area contributed by atoms with Crippen LogP contribution in [-0.2, 0) is 0 Å². The average molecular weight is 420 g/mol. The molecule has 3 aromatic heterocycles. The Balaban J connectivity index is 1.58. The Kier molecular flexibility index (Phi) is 4.81. The van der Waals surface area contributed by atoms with Crippen molar-refractivity contribution in [3.8, 4) is 22.5 Å². The Morgan fingerprint density at radius 3 is 2.80 bits per heavy atom. The van der Waals surface area contributed by atoms with E-state index in [1.54, 1.807) is 12.3 Å². The van der Waals surface area contributed by atoms with Gasteiger partial charge < -0.3 is 5.73 Å². The standard InChI is InChI=1S/C23H19ClFN5/c24-15-3-6-19(25)17(10-15)23-18(12-28-30-23)20-7-8-21-22(29-20)9-14(11-27-21)13-1-4-16(26)5-2-13/h1,3,6-12,16H,2,4-5,26H2,(H,28,30). The molecular weight excluding hydrogens is 401 g/mol. The zero-order chi connectivity index (χ0) is 20.7. The number of hydrogen-bond acceptors (Lipinski definition) is 4. The molecule has 5 rings (SSSR count). The third kappa shape index (κ3) is 3.49. The fourth-order valence-electron chi connectivity index (χ4n) is 3.82. The summed E-state index contributed by atoms with van der Waals surface area (Å²) in [5, 5.41) is 7.44. The topological polar surface area (TPSA) is 80.5 Å². The number of nitrogens with two attached hydrogens (primary N) is 1. The lowest BCUT2D eigenvalue weighted by Crippen LogP contribution is -2.21. The van der Waals surface area contributed by atoms with E-state index in [0.29, 0.717) is 27.5 Å². The predicted molar refractivity (Wildman–Crippen MR) is 117 cm³/mol. The first-order valence-electron chi connectivity index (χ1n) is 9.79. The molecule has 5 nitrogen and oxygen atoms in total. The highest BCUT2D eigenvalue weighted by Gasteiger charge is 2.17. The van der Waals surface area contributed by atoms with Crippen molar-refractivity contribution in [2.45, 2.75) is 25.3 Å². The number of nitrogens with one attached hydrogen (secondary N) is 1. The molecule has 0 fully saturated rings. The Morgan fingerprint density at radius 2 is 1.97 bits per heavy atom. The minimum atomic E-state index is -0.378. The van der Waals surface area contributed by atoms with Gasteiger partial charge in [-0.3, -0.25) is 10.1 Å². The predicted octanol–water partition coefficient (Wildman–Crippen LogP) is 5.37. The lowest BCUT2D eigenvalue weighted by atomic mass is 9.92. The Hall–Kier alpha value is -3.09. The number of allylic oxidation sites excluding steroid dienone is 1. The summed E-state index contributed by atoms with van der Waals surface area (Å²) in [5.74, 6) is -0.378. The van der Waals surface area contributed by atoms with Gasteiger partial charge in [-0.05, 0) is 66.8 Å². The van der Waals surface area contributed by atoms with Gasteiger partial charge >= 0.3 is 0 Å². The maximum Gasteiger partial charge on any atom is 0.132 e. The summed E-state index contributed by atoms with van der Waals surface area (Å²) in [5.41, 5.74) is 12.2. The van der Waals surface area contributed by atoms with Gasteiger partial charge in [-0.2, -0.15) is 5.10 Å². The maximum atomic E-state index is 14.4. The monoisotopic (exact) mass is 419 g/mol. The number of H-pyrrole nitrogens is 1. The molecular formula is C23H19ClFN5. The quantitative estimate of drug-likeness (QED) is 0.467. The number of halogens is 2. The van der Waals surface area contributed by atoms with Crippen molar-refractivity contribution in [2.24, 2.45) is 5.73 Å². The number of aromatic amines is 1. The molecule has 150 valence electrons. The van der Waals surface area contributed by atoms with E-state index in [4.69, 9.17) is 22.3 Å². The lowest BCUT2D eigenvalue weighted by Gasteiger charge is -2.18. The van der Waals surface area contributed by atoms with E-state index in [1.807, 2.05) is 24.4 Å². The van der Waals surface area contributed by atoms with Crippen molar-refractivity contribution in [3.05, 3.63) is 71.3 Å². The van der Waals surface area contributed by atoms with E-state index in [-0.39, 0.29) is 11.9 Å². The average Bonchev–Trinajstić information content (AvgIpc) is 3.25. The van der Waals surface area contributed by atoms with Crippen LogP contribution >= 0.6 is 11.6 Å². The number of pyridine rings is 2. The molecule has 4 aromatic rings. The molecule has 0 saturated carbocycles. The van der Waals surface area contributed by atoms with Crippen LogP contribution in [0.5, 0.6) is 0 Å². The Morgan fingerprint density at radius 1 is 1.07 bits per heavy atom. The van der Waals surface area contributed by atoms with Gasteiger partial charge in [0.05, 0.1) is 28.6 Å². The van der Waals surface area contributed by atoms with Crippen molar-refractivity contribution in [1.29, 1.82) is 0 Å². The second-order valence-electron chi connectivity index (χ2n) is 7.51. The molecule has 0 amide bonds. The van der Waals surface area contributed by atoms with Crippen molar-refractivity contribution in [2.75, 3.05) is 0 Å². The van der Waals surface area contributed by atoms with Crippen LogP contribution < -0.4 is 5.73 Å². The largest absolute Gasteiger partial charge is 0.327 e. The Bertz CT molecular complexity index is 1280. The molecule has 30 heavy (non-hydrogen) atoms. The third-order valence-corrected chi connectivity index (χ3v) is 5.71. The smallest absolute Gasteiger partial charge is 0.132 e. The fraction of sp³-hybridized carbons (Fsp3) is 0.174. The molecule has 1 aliphatic carbocycles. The van der Waals surface area contributed by atoms with Crippen LogP contribution in [0.2, 0.25) is 5.02 Å². The first kappa shape index (κ1) is 18.9. The number of fused-ring (bicyclic) bond motifs is 1. The summed E-state index contributed by atoms with van der Waals surface area (Å²) in [7, 11) is 0. The van der Waals surface area contributed by atoms with Crippen LogP contribution in [0, 0.1) is 5.82 Å². The van der Waals surface area contributed by atoms with Crippen LogP contribution in [0.15, 0.2) is 54.9 Å². The van der Waals surface area contributed by atoms with Gasteiger partial charge in [0.25, 0.3) is 0 Å². The van der Waals surface area contributed by atoms with Crippen LogP contribution in [0.4, 0.5) is 4.39 Å². The van der Waals surface area contributed by atoms with Crippen molar-refractivity contribution in [1.82, 2.24) is 20.2 Å². The number of hydrogen-bond donors (Lipinski definition) is 2. The van der Waals surface area contributed by atoms with E-state index in [9.17, 15) is 4.39 Å². The molecule has 1 aliphatic rings. The molecule has 0 saturated heterocycles. The summed E-state index contributed by atoms with van der Waals surface area (Å²) in [4.78, 5) is 9.37. The van der Waals surface area contributed by atoms with Gasteiger partial charge in [-0.25, -0.2) is 9.37 Å². The number of aromatic nitrogens is 4. The van der Waals surface area contributed by atoms with Gasteiger partial charge in [0.2, 0.25) is 0 Å². The summed E-state index contributed by atoms with van der Waals surface area (Å²) in [6.45, 7) is 0. The van der Waals surface area contributed by atoms with Crippen molar-refractivity contribution >= 4 is 28.2 Å². The van der Waals surface area contributed by atoms with Crippen LogP contribution in [-0.4, -0.2) is 26.2 Å². The highest BCUT2D eigenvalue weighted by Crippen LogP contribution is 2.33. The van der Waals surface area contributed by atoms with Crippen LogP contribution in [0.3, 0.4) is 0 Å². The fourth-order valence-corrected chi connectivity index (χ4v) is 4.00. The SMILES string of the molecule is NC1CC=C(c2cnc3ccc(-c4cn[nH]c4-c4cc(Cl)ccc4F)nc3c2)CC1. The zero-order valence-corrected chi connectivity index (χ0v) is 16.8. The van der Waals surface area contributed by atoms with E-state index >= 15 is 0 Å². The number of nitrogens with zero attached hydrogens (tertiary/aromatic N) is 3. The molecule has 0 radical (unpaired) electrons. The van der Waals surface area contributed by atoms with E-state index in [2.05, 4.69) is 21.3 Å². The molecule has 3 heterocycles. The second-order valence-corrected chi connectivity index (χ2v) is 7.94. The lowest BCUT2D eigenvalue weighted by molar-refractivity contribution is 0.614. The summed E-state index contributed by atoms with van der Waals surface area (Å²) < 4.78 is 14.4. The minimum Gasteiger partial charge on any atom is -0.327 e. The third-order valence-electron chi connectivity index (χ3n) is 5.47. The molecule has 3 N–H and O–H groups in total. The molecule has 0 aliphatic heterocycles. The first-order valence-corrected chi connectivity index (χ1v) is 10.2. The summed E-state index contributed by atoms with van der Waals surface area (Å²) >= 11 is 6.07. The van der Waals surface area contributed by atoms with Crippen LogP contribution in [0.25, 0.3) is 39.1 Å². The maximum absolute atomic E-state index is 14.4. The minimum absolute atomic E-state index is 0.235. The van der Waals surface area contributed by atoms with Crippen LogP contribution in [0.1, 0.15) is 24.8 Å². The molecule has 1 atom stereocenters. The van der Waals surface area contributed by atoms with Gasteiger partial charge in [0.15, 0.2) is 0 Å². The highest BCUT2D eigenvalue weighted by molar-refractivity contribution is 6.30. The Labute approximate surface area is 177 Å². The van der Waals surface area contributed by atoms with E-state index in [0.717, 1.165) is 35.9 Å². The van der Waals surface area contributed by atoms with E-state index < -0.39 is 0 Å². The molecule has 1 aromatic carbocycles. The molecule has 0 spiro atoms. The molecule has 1 unspecified atom stereocenters. The first-order chi connectivity index (χ1) is 14.6. The van der Waals surface area contributed by atoms with Gasteiger partial charge in [-0.1, -0.05) is 17.7 Å². The van der Waals surface area contributed by atoms with Crippen molar-refractivity contribution < 1.29 is 4.39 Å². The number of benzene rings is 1. The molecule has 7 heteroatoms. The van der Waals surface area contributed by atoms with Gasteiger partial charge in [-0.15, -0.1) is 0 Å². The summed E-state index contributed by atoms with van der Waals surface area (Å²) in [6, 6.07) is 10.5.